The van der Waals surface area contributed by atoms with Crippen molar-refractivity contribution in [3.05, 3.63) is 42.0 Å². The third kappa shape index (κ3) is 3.01. The number of hydrogen-bond acceptors (Lipinski definition) is 1. The van der Waals surface area contributed by atoms with E-state index in [0.717, 1.165) is 5.56 Å². The van der Waals surface area contributed by atoms with Crippen LogP contribution in [0.2, 0.25) is 0 Å². The standard InChI is InChI=1S/C10H12O/c1-9(11)7-8-10-5-3-2-4-6-10/h2-9,11H,1H3/b8-7+/t9-/m1/s1. The fourth-order valence-corrected chi connectivity index (χ4v) is 0.815. The summed E-state index contributed by atoms with van der Waals surface area (Å²) >= 11 is 0. The van der Waals surface area contributed by atoms with Gasteiger partial charge < -0.3 is 5.11 Å². The highest BCUT2D eigenvalue weighted by Crippen LogP contribution is 2.01. The Hall–Kier alpha value is -1.08. The van der Waals surface area contributed by atoms with Crippen molar-refractivity contribution < 1.29 is 5.11 Å². The molecular weight excluding hydrogens is 136 g/mol. The van der Waals surface area contributed by atoms with Crippen LogP contribution in [-0.2, 0) is 0 Å². The first-order valence-corrected chi connectivity index (χ1v) is 3.70. The van der Waals surface area contributed by atoms with E-state index < -0.39 is 0 Å². The molecule has 1 heteroatoms. The third-order valence-corrected chi connectivity index (χ3v) is 1.37. The molecule has 1 N–H and O–H groups in total. The van der Waals surface area contributed by atoms with Crippen molar-refractivity contribution in [2.24, 2.45) is 0 Å². The minimum atomic E-state index is -0.366. The Morgan fingerprint density at radius 3 is 2.45 bits per heavy atom. The lowest BCUT2D eigenvalue weighted by Crippen LogP contribution is -1.90. The molecule has 58 valence electrons. The molecule has 0 aliphatic carbocycles. The molecule has 0 amide bonds. The molecule has 1 rings (SSSR count). The van der Waals surface area contributed by atoms with Crippen molar-refractivity contribution in [1.82, 2.24) is 0 Å². The molecule has 0 heterocycles. The summed E-state index contributed by atoms with van der Waals surface area (Å²) in [6.07, 6.45) is 3.30. The van der Waals surface area contributed by atoms with Gasteiger partial charge >= 0.3 is 0 Å². The summed E-state index contributed by atoms with van der Waals surface area (Å²) in [6, 6.07) is 9.92. The van der Waals surface area contributed by atoms with Crippen molar-refractivity contribution in [3.8, 4) is 0 Å². The van der Waals surface area contributed by atoms with Crippen molar-refractivity contribution in [2.45, 2.75) is 13.0 Å². The molecule has 0 fully saturated rings. The molecule has 0 aliphatic heterocycles. The van der Waals surface area contributed by atoms with E-state index in [1.54, 1.807) is 13.0 Å². The van der Waals surface area contributed by atoms with Gasteiger partial charge in [-0.2, -0.15) is 0 Å². The lowest BCUT2D eigenvalue weighted by atomic mass is 10.2. The Balaban J connectivity index is 2.65. The molecular formula is C10H12O. The first-order valence-electron chi connectivity index (χ1n) is 3.70. The predicted octanol–water partition coefficient (Wildman–Crippen LogP) is 2.08. The maximum Gasteiger partial charge on any atom is 0.0696 e. The molecule has 1 aromatic rings. The van der Waals surface area contributed by atoms with Crippen molar-refractivity contribution in [3.63, 3.8) is 0 Å². The summed E-state index contributed by atoms with van der Waals surface area (Å²) in [6.45, 7) is 1.74. The predicted molar refractivity (Wildman–Crippen MR) is 47.2 cm³/mol. The van der Waals surface area contributed by atoms with E-state index >= 15 is 0 Å². The van der Waals surface area contributed by atoms with Crippen LogP contribution >= 0.6 is 0 Å². The second kappa shape index (κ2) is 3.94. The average molecular weight is 148 g/mol. The van der Waals surface area contributed by atoms with Crippen LogP contribution in [0.25, 0.3) is 6.08 Å². The quantitative estimate of drug-likeness (QED) is 0.680. The lowest BCUT2D eigenvalue weighted by molar-refractivity contribution is 0.245. The third-order valence-electron chi connectivity index (χ3n) is 1.37. The Labute approximate surface area is 67.0 Å². The van der Waals surface area contributed by atoms with Crippen LogP contribution < -0.4 is 0 Å². The number of benzene rings is 1. The van der Waals surface area contributed by atoms with Crippen LogP contribution in [0.4, 0.5) is 0 Å². The van der Waals surface area contributed by atoms with Crippen LogP contribution in [0.5, 0.6) is 0 Å². The van der Waals surface area contributed by atoms with E-state index in [-0.39, 0.29) is 6.10 Å². The number of aliphatic hydroxyl groups excluding tert-OH is 1. The molecule has 0 radical (unpaired) electrons. The maximum absolute atomic E-state index is 8.93. The Kier molecular flexibility index (Phi) is 2.87. The van der Waals surface area contributed by atoms with Crippen LogP contribution in [0, 0.1) is 0 Å². The van der Waals surface area contributed by atoms with Gasteiger partial charge in [0.1, 0.15) is 0 Å². The lowest BCUT2D eigenvalue weighted by Gasteiger charge is -1.93. The molecule has 0 aromatic heterocycles. The van der Waals surface area contributed by atoms with Gasteiger partial charge in [-0.3, -0.25) is 0 Å². The van der Waals surface area contributed by atoms with Gasteiger partial charge in [0, 0.05) is 0 Å². The second-order valence-corrected chi connectivity index (χ2v) is 2.51. The molecule has 11 heavy (non-hydrogen) atoms. The zero-order valence-electron chi connectivity index (χ0n) is 6.57. The molecule has 0 unspecified atom stereocenters. The van der Waals surface area contributed by atoms with Gasteiger partial charge in [-0.05, 0) is 12.5 Å². The zero-order chi connectivity index (χ0) is 8.10. The van der Waals surface area contributed by atoms with Gasteiger partial charge in [0.2, 0.25) is 0 Å². The SMILES string of the molecule is C[C@@H](O)/C=C/c1ccccc1. The molecule has 0 spiro atoms. The summed E-state index contributed by atoms with van der Waals surface area (Å²) in [5, 5.41) is 8.93. The van der Waals surface area contributed by atoms with E-state index in [2.05, 4.69) is 0 Å². The van der Waals surface area contributed by atoms with Crippen LogP contribution in [-0.4, -0.2) is 11.2 Å². The summed E-state index contributed by atoms with van der Waals surface area (Å²) in [7, 11) is 0. The molecule has 1 nitrogen and oxygen atoms in total. The smallest absolute Gasteiger partial charge is 0.0696 e. The van der Waals surface area contributed by atoms with Gasteiger partial charge in [0.25, 0.3) is 0 Å². The van der Waals surface area contributed by atoms with E-state index in [1.807, 2.05) is 36.4 Å². The normalized spacial score (nSPS) is 13.6. The average Bonchev–Trinajstić information content (AvgIpc) is 2.03. The number of aliphatic hydroxyl groups is 1. The van der Waals surface area contributed by atoms with Gasteiger partial charge in [-0.15, -0.1) is 0 Å². The fraction of sp³-hybridized carbons (Fsp3) is 0.200. The number of rotatable bonds is 2. The zero-order valence-corrected chi connectivity index (χ0v) is 6.57. The first-order chi connectivity index (χ1) is 5.29. The van der Waals surface area contributed by atoms with Gasteiger partial charge in [0.05, 0.1) is 6.10 Å². The highest BCUT2D eigenvalue weighted by molar-refractivity contribution is 5.48. The molecule has 0 saturated heterocycles. The summed E-state index contributed by atoms with van der Waals surface area (Å²) in [5.74, 6) is 0. The van der Waals surface area contributed by atoms with Crippen molar-refractivity contribution in [1.29, 1.82) is 0 Å². The largest absolute Gasteiger partial charge is 0.389 e. The highest BCUT2D eigenvalue weighted by Gasteiger charge is 1.85. The Morgan fingerprint density at radius 2 is 1.91 bits per heavy atom. The minimum absolute atomic E-state index is 0.366. The second-order valence-electron chi connectivity index (χ2n) is 2.51. The molecule has 0 saturated carbocycles. The molecule has 0 bridgehead atoms. The Morgan fingerprint density at radius 1 is 1.27 bits per heavy atom. The van der Waals surface area contributed by atoms with E-state index in [1.165, 1.54) is 0 Å². The van der Waals surface area contributed by atoms with E-state index in [0.29, 0.717) is 0 Å². The van der Waals surface area contributed by atoms with Gasteiger partial charge in [0.15, 0.2) is 0 Å². The minimum Gasteiger partial charge on any atom is -0.389 e. The summed E-state index contributed by atoms with van der Waals surface area (Å²) < 4.78 is 0. The fourth-order valence-electron chi connectivity index (χ4n) is 0.815. The van der Waals surface area contributed by atoms with Gasteiger partial charge in [-0.1, -0.05) is 42.5 Å². The topological polar surface area (TPSA) is 20.2 Å². The van der Waals surface area contributed by atoms with Crippen LogP contribution in [0.1, 0.15) is 12.5 Å². The van der Waals surface area contributed by atoms with Gasteiger partial charge in [-0.25, -0.2) is 0 Å². The van der Waals surface area contributed by atoms with E-state index in [4.69, 9.17) is 5.11 Å². The number of hydrogen-bond donors (Lipinski definition) is 1. The molecule has 0 aliphatic rings. The van der Waals surface area contributed by atoms with Crippen LogP contribution in [0.3, 0.4) is 0 Å². The summed E-state index contributed by atoms with van der Waals surface area (Å²) in [5.41, 5.74) is 1.12. The monoisotopic (exact) mass is 148 g/mol. The maximum atomic E-state index is 8.93. The highest BCUT2D eigenvalue weighted by atomic mass is 16.3. The van der Waals surface area contributed by atoms with Crippen molar-refractivity contribution >= 4 is 6.08 Å². The Bertz CT molecular complexity index is 224. The summed E-state index contributed by atoms with van der Waals surface area (Å²) in [4.78, 5) is 0. The first kappa shape index (κ1) is 8.02. The van der Waals surface area contributed by atoms with Crippen LogP contribution in [0.15, 0.2) is 36.4 Å². The van der Waals surface area contributed by atoms with Crippen molar-refractivity contribution in [2.75, 3.05) is 0 Å². The molecule has 1 atom stereocenters. The molecule has 1 aromatic carbocycles. The van der Waals surface area contributed by atoms with E-state index in [9.17, 15) is 0 Å².